The molecule has 1 N–H and O–H groups in total. The van der Waals surface area contributed by atoms with Gasteiger partial charge in [-0.2, -0.15) is 0 Å². The molecule has 0 atom stereocenters. The number of piperazine rings is 1. The van der Waals surface area contributed by atoms with Gasteiger partial charge >= 0.3 is 0 Å². The van der Waals surface area contributed by atoms with Crippen molar-refractivity contribution in [2.75, 3.05) is 53.4 Å². The Morgan fingerprint density at radius 1 is 1.31 bits per heavy atom. The Morgan fingerprint density at radius 3 is 2.54 bits per heavy atom. The van der Waals surface area contributed by atoms with Crippen molar-refractivity contribution in [3.05, 3.63) is 20.8 Å². The molecule has 2 rings (SSSR count). The lowest BCUT2D eigenvalue weighted by Crippen LogP contribution is -2.52. The van der Waals surface area contributed by atoms with Crippen molar-refractivity contribution in [1.82, 2.24) is 20.0 Å². The minimum atomic E-state index is 0. The van der Waals surface area contributed by atoms with Gasteiger partial charge in [0.15, 0.2) is 5.96 Å². The molecule has 148 valence electrons. The van der Waals surface area contributed by atoms with E-state index in [0.29, 0.717) is 0 Å². The quantitative estimate of drug-likeness (QED) is 0.332. The van der Waals surface area contributed by atoms with Crippen LogP contribution in [0.3, 0.4) is 0 Å². The van der Waals surface area contributed by atoms with Gasteiger partial charge in [-0.05, 0) is 34.5 Å². The van der Waals surface area contributed by atoms with E-state index in [1.54, 1.807) is 30.3 Å². The molecule has 1 aromatic rings. The number of thiophene rings is 1. The average Bonchev–Trinajstić information content (AvgIpc) is 3.00. The Labute approximate surface area is 186 Å². The monoisotopic (exact) mass is 557 g/mol. The van der Waals surface area contributed by atoms with Crippen LogP contribution >= 0.6 is 51.2 Å². The number of carbonyl (C=O) groups excluding carboxylic acids is 1. The second-order valence-corrected chi connectivity index (χ2v) is 8.87. The van der Waals surface area contributed by atoms with E-state index in [1.165, 1.54) is 8.66 Å². The van der Waals surface area contributed by atoms with Gasteiger partial charge in [-0.3, -0.25) is 9.69 Å². The Bertz CT molecular complexity index is 587. The first-order valence-corrected chi connectivity index (χ1v) is 10.3. The van der Waals surface area contributed by atoms with Crippen LogP contribution in [0.4, 0.5) is 0 Å². The van der Waals surface area contributed by atoms with E-state index in [0.717, 1.165) is 51.6 Å². The molecule has 1 aliphatic rings. The molecular formula is C17H29BrIN5OS. The largest absolute Gasteiger partial charge is 0.356 e. The van der Waals surface area contributed by atoms with Crippen LogP contribution in [0.1, 0.15) is 18.2 Å². The highest BCUT2D eigenvalue weighted by Gasteiger charge is 2.20. The molecule has 1 aliphatic heterocycles. The van der Waals surface area contributed by atoms with E-state index in [2.05, 4.69) is 55.1 Å². The second kappa shape index (κ2) is 12.1. The summed E-state index contributed by atoms with van der Waals surface area (Å²) in [5.41, 5.74) is 0. The van der Waals surface area contributed by atoms with Crippen LogP contribution in [0.15, 0.2) is 20.9 Å². The summed E-state index contributed by atoms with van der Waals surface area (Å²) >= 11 is 5.32. The molecule has 0 aliphatic carbocycles. The van der Waals surface area contributed by atoms with E-state index in [9.17, 15) is 4.79 Å². The normalized spacial score (nSPS) is 15.5. The SMILES string of the molecule is CCCNC(=NCC(=O)N(C)C)N1CCN(Cc2ccc(Br)s2)CC1.I. The molecule has 26 heavy (non-hydrogen) atoms. The summed E-state index contributed by atoms with van der Waals surface area (Å²) in [7, 11) is 3.53. The number of guanidine groups is 1. The van der Waals surface area contributed by atoms with Crippen molar-refractivity contribution >= 4 is 63.1 Å². The number of nitrogens with one attached hydrogen (secondary N) is 1. The minimum absolute atomic E-state index is 0. The molecule has 6 nitrogen and oxygen atoms in total. The number of nitrogens with zero attached hydrogens (tertiary/aromatic N) is 4. The molecule has 0 aromatic carbocycles. The predicted molar refractivity (Wildman–Crippen MR) is 124 cm³/mol. The van der Waals surface area contributed by atoms with Crippen molar-refractivity contribution in [2.45, 2.75) is 19.9 Å². The fourth-order valence-corrected chi connectivity index (χ4v) is 4.09. The molecule has 0 unspecified atom stereocenters. The maximum atomic E-state index is 11.8. The van der Waals surface area contributed by atoms with Crippen molar-refractivity contribution in [1.29, 1.82) is 0 Å². The second-order valence-electron chi connectivity index (χ2n) is 6.32. The van der Waals surface area contributed by atoms with Crippen LogP contribution < -0.4 is 5.32 Å². The number of aliphatic imine (C=N–C) groups is 1. The number of likely N-dealkylation sites (N-methyl/N-ethyl adjacent to an activating group) is 1. The Morgan fingerprint density at radius 2 is 2.00 bits per heavy atom. The van der Waals surface area contributed by atoms with Gasteiger partial charge in [-0.1, -0.05) is 6.92 Å². The molecule has 1 fully saturated rings. The van der Waals surface area contributed by atoms with Gasteiger partial charge in [-0.25, -0.2) is 4.99 Å². The maximum absolute atomic E-state index is 11.8. The highest BCUT2D eigenvalue weighted by molar-refractivity contribution is 14.0. The Hall–Kier alpha value is -0.390. The maximum Gasteiger partial charge on any atom is 0.243 e. The molecule has 0 radical (unpaired) electrons. The fourth-order valence-electron chi connectivity index (χ4n) is 2.56. The predicted octanol–water partition coefficient (Wildman–Crippen LogP) is 2.69. The van der Waals surface area contributed by atoms with Crippen molar-refractivity contribution < 1.29 is 4.79 Å². The zero-order valence-electron chi connectivity index (χ0n) is 15.7. The van der Waals surface area contributed by atoms with Crippen molar-refractivity contribution in [3.63, 3.8) is 0 Å². The molecule has 0 spiro atoms. The molecule has 1 amide bonds. The van der Waals surface area contributed by atoms with Gasteiger partial charge < -0.3 is 15.1 Å². The topological polar surface area (TPSA) is 51.2 Å². The van der Waals surface area contributed by atoms with Gasteiger partial charge in [0, 0.05) is 58.2 Å². The molecule has 2 heterocycles. The summed E-state index contributed by atoms with van der Waals surface area (Å²) in [5, 5.41) is 3.38. The van der Waals surface area contributed by atoms with E-state index in [4.69, 9.17) is 0 Å². The highest BCUT2D eigenvalue weighted by Crippen LogP contribution is 2.23. The van der Waals surface area contributed by atoms with Crippen LogP contribution in [-0.4, -0.2) is 79.9 Å². The molecule has 0 bridgehead atoms. The third-order valence-electron chi connectivity index (χ3n) is 4.08. The van der Waals surface area contributed by atoms with Gasteiger partial charge in [0.2, 0.25) is 5.91 Å². The number of halogens is 2. The lowest BCUT2D eigenvalue weighted by molar-refractivity contribution is -0.127. The molecule has 9 heteroatoms. The number of hydrogen-bond acceptors (Lipinski definition) is 4. The van der Waals surface area contributed by atoms with E-state index < -0.39 is 0 Å². The van der Waals surface area contributed by atoms with Gasteiger partial charge in [0.25, 0.3) is 0 Å². The summed E-state index contributed by atoms with van der Waals surface area (Å²) in [4.78, 5) is 24.1. The van der Waals surface area contributed by atoms with Crippen LogP contribution in [-0.2, 0) is 11.3 Å². The van der Waals surface area contributed by atoms with Gasteiger partial charge in [0.1, 0.15) is 6.54 Å². The first kappa shape index (κ1) is 23.6. The number of carbonyl (C=O) groups is 1. The van der Waals surface area contributed by atoms with Crippen LogP contribution in [0.5, 0.6) is 0 Å². The molecule has 0 saturated carbocycles. The summed E-state index contributed by atoms with van der Waals surface area (Å²) in [6, 6.07) is 4.29. The van der Waals surface area contributed by atoms with Crippen molar-refractivity contribution in [3.8, 4) is 0 Å². The minimum Gasteiger partial charge on any atom is -0.356 e. The lowest BCUT2D eigenvalue weighted by Gasteiger charge is -2.36. The van der Waals surface area contributed by atoms with Gasteiger partial charge in [-0.15, -0.1) is 35.3 Å². The first-order valence-electron chi connectivity index (χ1n) is 8.69. The van der Waals surface area contributed by atoms with E-state index in [1.807, 2.05) is 0 Å². The Kier molecular flexibility index (Phi) is 11.0. The third kappa shape index (κ3) is 7.69. The van der Waals surface area contributed by atoms with Crippen LogP contribution in [0, 0.1) is 0 Å². The summed E-state index contributed by atoms with van der Waals surface area (Å²) in [5.74, 6) is 0.883. The summed E-state index contributed by atoms with van der Waals surface area (Å²) in [6.07, 6.45) is 1.04. The number of amides is 1. The summed E-state index contributed by atoms with van der Waals surface area (Å²) in [6.45, 7) is 8.07. The zero-order valence-corrected chi connectivity index (χ0v) is 20.4. The number of rotatable bonds is 6. The molecular weight excluding hydrogens is 529 g/mol. The van der Waals surface area contributed by atoms with Crippen molar-refractivity contribution in [2.24, 2.45) is 4.99 Å². The first-order chi connectivity index (χ1) is 12.0. The standard InChI is InChI=1S/C17H28BrN5OS.HI/c1-4-7-19-17(20-12-16(24)21(2)3)23-10-8-22(9-11-23)13-14-5-6-15(18)25-14;/h5-6H,4,7-13H2,1-3H3,(H,19,20);1H. The third-order valence-corrected chi connectivity index (χ3v) is 5.68. The smallest absolute Gasteiger partial charge is 0.243 e. The molecule has 1 saturated heterocycles. The average molecular weight is 558 g/mol. The Balaban J connectivity index is 0.00000338. The number of hydrogen-bond donors (Lipinski definition) is 1. The lowest BCUT2D eigenvalue weighted by atomic mass is 10.3. The van der Waals surface area contributed by atoms with Gasteiger partial charge in [0.05, 0.1) is 3.79 Å². The van der Waals surface area contributed by atoms with E-state index >= 15 is 0 Å². The zero-order chi connectivity index (χ0) is 18.2. The highest BCUT2D eigenvalue weighted by atomic mass is 127. The van der Waals surface area contributed by atoms with E-state index in [-0.39, 0.29) is 36.4 Å². The summed E-state index contributed by atoms with van der Waals surface area (Å²) < 4.78 is 1.19. The van der Waals surface area contributed by atoms with Crippen LogP contribution in [0.2, 0.25) is 0 Å². The fraction of sp³-hybridized carbons (Fsp3) is 0.647. The molecule has 1 aromatic heterocycles. The van der Waals surface area contributed by atoms with Crippen LogP contribution in [0.25, 0.3) is 0 Å².